The van der Waals surface area contributed by atoms with Gasteiger partial charge in [-0.1, -0.05) is 0 Å². The number of carbonyl (C=O) groups excluding carboxylic acids is 1. The van der Waals surface area contributed by atoms with Gasteiger partial charge in [0, 0.05) is 29.9 Å². The first-order valence-electron chi connectivity index (χ1n) is 6.65. The Hall–Kier alpha value is -0.950. The summed E-state index contributed by atoms with van der Waals surface area (Å²) in [4.78, 5) is 17.7. The highest BCUT2D eigenvalue weighted by molar-refractivity contribution is 7.87. The van der Waals surface area contributed by atoms with Crippen LogP contribution < -0.4 is 0 Å². The van der Waals surface area contributed by atoms with Crippen LogP contribution in [-0.4, -0.2) is 44.1 Å². The van der Waals surface area contributed by atoms with Gasteiger partial charge in [-0.15, -0.1) is 11.3 Å². The molecule has 1 amide bonds. The maximum absolute atomic E-state index is 12.3. The average molecular weight is 316 g/mol. The zero-order valence-electron chi connectivity index (χ0n) is 12.0. The number of ether oxygens (including phenoxy) is 1. The van der Waals surface area contributed by atoms with Gasteiger partial charge < -0.3 is 9.64 Å². The van der Waals surface area contributed by atoms with Crippen molar-refractivity contribution in [1.82, 2.24) is 9.88 Å². The molecule has 1 saturated heterocycles. The second kappa shape index (κ2) is 6.22. The van der Waals surface area contributed by atoms with E-state index in [1.807, 2.05) is 26.2 Å². The predicted molar refractivity (Wildman–Crippen MR) is 79.4 cm³/mol. The summed E-state index contributed by atoms with van der Waals surface area (Å²) in [5.41, 5.74) is -0.475. The summed E-state index contributed by atoms with van der Waals surface area (Å²) in [5, 5.41) is 1.92. The summed E-state index contributed by atoms with van der Waals surface area (Å²) in [5.74, 6) is 0. The molecule has 7 heteroatoms. The van der Waals surface area contributed by atoms with Gasteiger partial charge in [-0.05, 0) is 33.6 Å². The minimum Gasteiger partial charge on any atom is -0.444 e. The molecule has 1 aliphatic heterocycles. The van der Waals surface area contributed by atoms with Gasteiger partial charge in [0.05, 0.1) is 10.8 Å². The third-order valence-corrected chi connectivity index (χ3v) is 5.85. The minimum atomic E-state index is -1.06. The molecule has 5 nitrogen and oxygen atoms in total. The molecule has 1 aliphatic rings. The normalized spacial score (nSPS) is 18.9. The largest absolute Gasteiger partial charge is 0.444 e. The Morgan fingerprint density at radius 1 is 1.45 bits per heavy atom. The Kier molecular flexibility index (Phi) is 4.80. The van der Waals surface area contributed by atoms with E-state index in [1.165, 1.54) is 11.3 Å². The van der Waals surface area contributed by atoms with Gasteiger partial charge in [0.25, 0.3) is 0 Å². The molecule has 1 aromatic heterocycles. The van der Waals surface area contributed by atoms with Gasteiger partial charge in [-0.2, -0.15) is 0 Å². The molecular formula is C13H20N2O3S2. The number of amides is 1. The zero-order chi connectivity index (χ0) is 14.8. The lowest BCUT2D eigenvalue weighted by molar-refractivity contribution is 0.0218. The van der Waals surface area contributed by atoms with Crippen LogP contribution in [-0.2, 0) is 15.5 Å². The predicted octanol–water partition coefficient (Wildman–Crippen LogP) is 2.65. The van der Waals surface area contributed by atoms with E-state index in [0.717, 1.165) is 12.8 Å². The number of hydrogen-bond acceptors (Lipinski definition) is 5. The second-order valence-corrected chi connectivity index (χ2v) is 8.56. The van der Waals surface area contributed by atoms with Crippen LogP contribution in [0.25, 0.3) is 0 Å². The topological polar surface area (TPSA) is 59.5 Å². The molecule has 20 heavy (non-hydrogen) atoms. The fourth-order valence-corrected chi connectivity index (χ4v) is 4.43. The smallest absolute Gasteiger partial charge is 0.410 e. The van der Waals surface area contributed by atoms with Gasteiger partial charge >= 0.3 is 6.09 Å². The van der Waals surface area contributed by atoms with Crippen molar-refractivity contribution in [2.45, 2.75) is 48.8 Å². The molecule has 112 valence electrons. The van der Waals surface area contributed by atoms with E-state index in [1.54, 1.807) is 11.1 Å². The van der Waals surface area contributed by atoms with E-state index >= 15 is 0 Å². The van der Waals surface area contributed by atoms with Crippen LogP contribution in [0.1, 0.15) is 33.6 Å². The average Bonchev–Trinajstić information content (AvgIpc) is 2.90. The fraction of sp³-hybridized carbons (Fsp3) is 0.692. The van der Waals surface area contributed by atoms with Crippen molar-refractivity contribution in [2.24, 2.45) is 0 Å². The van der Waals surface area contributed by atoms with Crippen LogP contribution >= 0.6 is 11.3 Å². The lowest BCUT2D eigenvalue weighted by Gasteiger charge is -2.32. The first kappa shape index (κ1) is 15.4. The summed E-state index contributed by atoms with van der Waals surface area (Å²) < 4.78 is 18.3. The first-order valence-corrected chi connectivity index (χ1v) is 8.74. The van der Waals surface area contributed by atoms with Gasteiger partial charge in [-0.25, -0.2) is 9.78 Å². The van der Waals surface area contributed by atoms with Crippen molar-refractivity contribution < 1.29 is 13.7 Å². The van der Waals surface area contributed by atoms with E-state index in [9.17, 15) is 9.00 Å². The van der Waals surface area contributed by atoms with E-state index in [0.29, 0.717) is 17.4 Å². The monoisotopic (exact) mass is 316 g/mol. The molecule has 1 aromatic rings. The summed E-state index contributed by atoms with van der Waals surface area (Å²) in [7, 11) is -1.06. The number of hydrogen-bond donors (Lipinski definition) is 0. The van der Waals surface area contributed by atoms with Crippen molar-refractivity contribution in [3.8, 4) is 0 Å². The molecule has 0 radical (unpaired) electrons. The SMILES string of the molecule is CC(C)(C)OC(=O)N1CCC([S@](=O)c2nccs2)CC1. The minimum absolute atomic E-state index is 0.0832. The van der Waals surface area contributed by atoms with Gasteiger partial charge in [0.2, 0.25) is 0 Å². The van der Waals surface area contributed by atoms with Crippen LogP contribution in [0.5, 0.6) is 0 Å². The number of rotatable bonds is 2. The van der Waals surface area contributed by atoms with Crippen molar-refractivity contribution in [2.75, 3.05) is 13.1 Å². The molecule has 0 spiro atoms. The van der Waals surface area contributed by atoms with Crippen LogP contribution in [0.3, 0.4) is 0 Å². The Labute approximate surface area is 125 Å². The maximum atomic E-state index is 12.3. The summed E-state index contributed by atoms with van der Waals surface area (Å²) in [6.07, 6.45) is 2.85. The number of nitrogens with zero attached hydrogens (tertiary/aromatic N) is 2. The number of piperidine rings is 1. The van der Waals surface area contributed by atoms with Gasteiger partial charge in [0.15, 0.2) is 4.34 Å². The molecule has 0 aromatic carbocycles. The zero-order valence-corrected chi connectivity index (χ0v) is 13.6. The van der Waals surface area contributed by atoms with E-state index in [-0.39, 0.29) is 11.3 Å². The fourth-order valence-electron chi connectivity index (χ4n) is 2.03. The quantitative estimate of drug-likeness (QED) is 0.841. The molecular weight excluding hydrogens is 296 g/mol. The van der Waals surface area contributed by atoms with Crippen molar-refractivity contribution in [3.05, 3.63) is 11.6 Å². The van der Waals surface area contributed by atoms with E-state index < -0.39 is 16.4 Å². The Balaban J connectivity index is 1.86. The molecule has 0 unspecified atom stereocenters. The highest BCUT2D eigenvalue weighted by Crippen LogP contribution is 2.23. The van der Waals surface area contributed by atoms with Gasteiger partial charge in [0.1, 0.15) is 5.60 Å². The number of aromatic nitrogens is 1. The maximum Gasteiger partial charge on any atom is 0.410 e. The first-order chi connectivity index (χ1) is 9.37. The van der Waals surface area contributed by atoms with Gasteiger partial charge in [-0.3, -0.25) is 4.21 Å². The molecule has 0 bridgehead atoms. The summed E-state index contributed by atoms with van der Waals surface area (Å²) in [6, 6.07) is 0. The van der Waals surface area contributed by atoms with Crippen molar-refractivity contribution in [1.29, 1.82) is 0 Å². The third kappa shape index (κ3) is 4.02. The lowest BCUT2D eigenvalue weighted by Crippen LogP contribution is -2.43. The number of thiazole rings is 1. The van der Waals surface area contributed by atoms with E-state index in [4.69, 9.17) is 4.74 Å². The van der Waals surface area contributed by atoms with Crippen LogP contribution in [0, 0.1) is 0 Å². The number of likely N-dealkylation sites (tertiary alicyclic amines) is 1. The summed E-state index contributed by atoms with van der Waals surface area (Å²) in [6.45, 7) is 6.76. The molecule has 1 atom stereocenters. The van der Waals surface area contributed by atoms with E-state index in [2.05, 4.69) is 4.98 Å². The highest BCUT2D eigenvalue weighted by Gasteiger charge is 2.30. The lowest BCUT2D eigenvalue weighted by atomic mass is 10.1. The van der Waals surface area contributed by atoms with Crippen LogP contribution in [0.2, 0.25) is 0 Å². The Bertz CT molecular complexity index is 474. The standard InChI is InChI=1S/C13H20N2O3S2/c1-13(2,3)18-12(16)15-7-4-10(5-8-15)20(17)11-14-6-9-19-11/h6,9-10H,4-5,7-8H2,1-3H3/t20-/m0/s1. The Morgan fingerprint density at radius 3 is 2.60 bits per heavy atom. The highest BCUT2D eigenvalue weighted by atomic mass is 32.2. The molecule has 1 fully saturated rings. The number of carbonyl (C=O) groups is 1. The molecule has 2 rings (SSSR count). The molecule has 0 saturated carbocycles. The summed E-state index contributed by atoms with van der Waals surface area (Å²) >= 11 is 1.42. The van der Waals surface area contributed by atoms with Crippen LogP contribution in [0.15, 0.2) is 15.9 Å². The Morgan fingerprint density at radius 2 is 2.10 bits per heavy atom. The van der Waals surface area contributed by atoms with Crippen LogP contribution in [0.4, 0.5) is 4.79 Å². The molecule has 2 heterocycles. The third-order valence-electron chi connectivity index (χ3n) is 2.98. The second-order valence-electron chi connectivity index (χ2n) is 5.76. The van der Waals surface area contributed by atoms with Crippen molar-refractivity contribution in [3.63, 3.8) is 0 Å². The van der Waals surface area contributed by atoms with Crippen molar-refractivity contribution >= 4 is 28.2 Å². The molecule has 0 N–H and O–H groups in total. The molecule has 0 aliphatic carbocycles.